The van der Waals surface area contributed by atoms with E-state index in [9.17, 15) is 10.1 Å². The number of rotatable bonds is 4. The Morgan fingerprint density at radius 2 is 2.40 bits per heavy atom. The zero-order valence-corrected chi connectivity index (χ0v) is 8.64. The van der Waals surface area contributed by atoms with E-state index in [1.165, 1.54) is 19.2 Å². The zero-order valence-electron chi connectivity index (χ0n) is 8.64. The molecule has 0 radical (unpaired) electrons. The van der Waals surface area contributed by atoms with Gasteiger partial charge in [0.15, 0.2) is 0 Å². The quantitative estimate of drug-likeness (QED) is 0.561. The molecule has 0 spiro atoms. The summed E-state index contributed by atoms with van der Waals surface area (Å²) in [5, 5.41) is 10.4. The van der Waals surface area contributed by atoms with Crippen LogP contribution in [-0.2, 0) is 0 Å². The van der Waals surface area contributed by atoms with Gasteiger partial charge in [-0.3, -0.25) is 10.1 Å². The molecular formula is C10H12N2O3. The van der Waals surface area contributed by atoms with Crippen molar-refractivity contribution >= 4 is 6.08 Å². The number of allylic oxidation sites excluding steroid dienone is 1. The van der Waals surface area contributed by atoms with E-state index in [2.05, 4.69) is 4.98 Å². The Labute approximate surface area is 87.6 Å². The van der Waals surface area contributed by atoms with Gasteiger partial charge in [0, 0.05) is 25.3 Å². The molecule has 5 nitrogen and oxygen atoms in total. The van der Waals surface area contributed by atoms with Crippen LogP contribution < -0.4 is 4.74 Å². The van der Waals surface area contributed by atoms with Gasteiger partial charge in [-0.25, -0.2) is 4.98 Å². The molecule has 0 N–H and O–H groups in total. The molecule has 1 heterocycles. The second-order valence-corrected chi connectivity index (χ2v) is 2.91. The molecule has 0 saturated carbocycles. The van der Waals surface area contributed by atoms with Crippen molar-refractivity contribution in [2.75, 3.05) is 6.61 Å². The molecule has 0 aliphatic rings. The molecule has 0 aliphatic heterocycles. The first-order valence-corrected chi connectivity index (χ1v) is 4.55. The third-order valence-corrected chi connectivity index (χ3v) is 1.71. The van der Waals surface area contributed by atoms with Crippen LogP contribution in [0.1, 0.15) is 19.4 Å². The minimum absolute atomic E-state index is 0.0842. The van der Waals surface area contributed by atoms with Crippen LogP contribution in [-0.4, -0.2) is 16.5 Å². The SMILES string of the molecule is CCOc1ccc(C=C(C)[N+](=O)[O-])cn1. The summed E-state index contributed by atoms with van der Waals surface area (Å²) in [4.78, 5) is 13.9. The minimum atomic E-state index is -0.434. The largest absolute Gasteiger partial charge is 0.478 e. The molecular weight excluding hydrogens is 196 g/mol. The van der Waals surface area contributed by atoms with Crippen molar-refractivity contribution in [2.24, 2.45) is 0 Å². The fourth-order valence-corrected chi connectivity index (χ4v) is 1.00. The van der Waals surface area contributed by atoms with E-state index in [0.717, 1.165) is 0 Å². The van der Waals surface area contributed by atoms with E-state index in [-0.39, 0.29) is 5.70 Å². The average molecular weight is 208 g/mol. The fraction of sp³-hybridized carbons (Fsp3) is 0.300. The highest BCUT2D eigenvalue weighted by Crippen LogP contribution is 2.10. The molecule has 0 unspecified atom stereocenters. The maximum absolute atomic E-state index is 10.4. The van der Waals surface area contributed by atoms with Crippen LogP contribution in [0, 0.1) is 10.1 Å². The van der Waals surface area contributed by atoms with Crippen molar-refractivity contribution in [3.8, 4) is 5.88 Å². The number of pyridine rings is 1. The summed E-state index contributed by atoms with van der Waals surface area (Å²) in [5.74, 6) is 0.522. The summed E-state index contributed by atoms with van der Waals surface area (Å²) < 4.78 is 5.15. The summed E-state index contributed by atoms with van der Waals surface area (Å²) in [6.45, 7) is 3.86. The van der Waals surface area contributed by atoms with E-state index < -0.39 is 4.92 Å². The van der Waals surface area contributed by atoms with Gasteiger partial charge in [-0.15, -0.1) is 0 Å². The first-order valence-electron chi connectivity index (χ1n) is 4.55. The molecule has 0 bridgehead atoms. The minimum Gasteiger partial charge on any atom is -0.478 e. The maximum Gasteiger partial charge on any atom is 0.243 e. The molecule has 0 saturated heterocycles. The molecule has 0 amide bonds. The first kappa shape index (κ1) is 11.2. The van der Waals surface area contributed by atoms with Crippen molar-refractivity contribution in [1.82, 2.24) is 4.98 Å². The normalized spacial score (nSPS) is 11.2. The van der Waals surface area contributed by atoms with Crippen LogP contribution in [0.4, 0.5) is 0 Å². The number of ether oxygens (including phenoxy) is 1. The van der Waals surface area contributed by atoms with Crippen molar-refractivity contribution in [3.05, 3.63) is 39.7 Å². The first-order chi connectivity index (χ1) is 7.13. The molecule has 0 aliphatic carbocycles. The topological polar surface area (TPSA) is 65.3 Å². The monoisotopic (exact) mass is 208 g/mol. The van der Waals surface area contributed by atoms with E-state index in [0.29, 0.717) is 18.1 Å². The predicted molar refractivity (Wildman–Crippen MR) is 56.1 cm³/mol. The molecule has 80 valence electrons. The number of nitro groups is 1. The van der Waals surface area contributed by atoms with Gasteiger partial charge < -0.3 is 4.74 Å². The third-order valence-electron chi connectivity index (χ3n) is 1.71. The van der Waals surface area contributed by atoms with Crippen LogP contribution in [0.15, 0.2) is 24.0 Å². The summed E-state index contributed by atoms with van der Waals surface area (Å²) in [7, 11) is 0. The fourth-order valence-electron chi connectivity index (χ4n) is 1.00. The molecule has 0 aromatic carbocycles. The highest BCUT2D eigenvalue weighted by Gasteiger charge is 2.02. The van der Waals surface area contributed by atoms with E-state index in [4.69, 9.17) is 4.74 Å². The summed E-state index contributed by atoms with van der Waals surface area (Å²) in [6, 6.07) is 3.41. The highest BCUT2D eigenvalue weighted by atomic mass is 16.6. The van der Waals surface area contributed by atoms with Gasteiger partial charge in [-0.1, -0.05) is 0 Å². The lowest BCUT2D eigenvalue weighted by molar-refractivity contribution is -0.422. The van der Waals surface area contributed by atoms with Crippen molar-refractivity contribution < 1.29 is 9.66 Å². The number of nitrogens with zero attached hydrogens (tertiary/aromatic N) is 2. The summed E-state index contributed by atoms with van der Waals surface area (Å²) in [5.41, 5.74) is 0.772. The van der Waals surface area contributed by atoms with Gasteiger partial charge in [0.05, 0.1) is 11.5 Å². The van der Waals surface area contributed by atoms with Crippen molar-refractivity contribution in [1.29, 1.82) is 0 Å². The lowest BCUT2D eigenvalue weighted by Gasteiger charge is -2.00. The molecule has 0 atom stereocenters. The van der Waals surface area contributed by atoms with Gasteiger partial charge in [0.2, 0.25) is 11.6 Å². The van der Waals surface area contributed by atoms with Crippen LogP contribution in [0.5, 0.6) is 5.88 Å². The number of hydrogen-bond acceptors (Lipinski definition) is 4. The van der Waals surface area contributed by atoms with Gasteiger partial charge in [0.1, 0.15) is 0 Å². The van der Waals surface area contributed by atoms with Gasteiger partial charge in [-0.2, -0.15) is 0 Å². The van der Waals surface area contributed by atoms with E-state index >= 15 is 0 Å². The summed E-state index contributed by atoms with van der Waals surface area (Å²) >= 11 is 0. The lowest BCUT2D eigenvalue weighted by atomic mass is 10.2. The molecule has 15 heavy (non-hydrogen) atoms. The lowest BCUT2D eigenvalue weighted by Crippen LogP contribution is -1.95. The standard InChI is InChI=1S/C10H12N2O3/c1-3-15-10-5-4-9(7-11-10)6-8(2)12(13)14/h4-7H,3H2,1-2H3. The highest BCUT2D eigenvalue weighted by molar-refractivity contribution is 5.49. The van der Waals surface area contributed by atoms with Crippen LogP contribution in [0.25, 0.3) is 6.08 Å². The Bertz CT molecular complexity index is 371. The van der Waals surface area contributed by atoms with Crippen molar-refractivity contribution in [3.63, 3.8) is 0 Å². The Morgan fingerprint density at radius 3 is 2.87 bits per heavy atom. The Balaban J connectivity index is 2.80. The average Bonchev–Trinajstić information content (AvgIpc) is 2.21. The number of hydrogen-bond donors (Lipinski definition) is 0. The zero-order chi connectivity index (χ0) is 11.3. The molecule has 1 aromatic heterocycles. The smallest absolute Gasteiger partial charge is 0.243 e. The Hall–Kier alpha value is -1.91. The van der Waals surface area contributed by atoms with Gasteiger partial charge >= 0.3 is 0 Å². The van der Waals surface area contributed by atoms with Gasteiger partial charge in [0.25, 0.3) is 0 Å². The van der Waals surface area contributed by atoms with Gasteiger partial charge in [-0.05, 0) is 18.6 Å². The molecule has 1 rings (SSSR count). The predicted octanol–water partition coefficient (Wildman–Crippen LogP) is 2.12. The molecule has 1 aromatic rings. The second-order valence-electron chi connectivity index (χ2n) is 2.91. The van der Waals surface area contributed by atoms with E-state index in [1.807, 2.05) is 6.92 Å². The van der Waals surface area contributed by atoms with Crippen LogP contribution >= 0.6 is 0 Å². The van der Waals surface area contributed by atoms with Crippen molar-refractivity contribution in [2.45, 2.75) is 13.8 Å². The summed E-state index contributed by atoms with van der Waals surface area (Å²) in [6.07, 6.45) is 3.00. The molecule has 5 heteroatoms. The Kier molecular flexibility index (Phi) is 3.79. The number of aromatic nitrogens is 1. The van der Waals surface area contributed by atoms with Crippen LogP contribution in [0.3, 0.4) is 0 Å². The second kappa shape index (κ2) is 5.09. The maximum atomic E-state index is 10.4. The van der Waals surface area contributed by atoms with Crippen LogP contribution in [0.2, 0.25) is 0 Å². The van der Waals surface area contributed by atoms with E-state index in [1.54, 1.807) is 12.1 Å². The Morgan fingerprint density at radius 1 is 1.67 bits per heavy atom. The molecule has 0 fully saturated rings. The third kappa shape index (κ3) is 3.38.